The molecule has 0 fully saturated rings. The van der Waals surface area contributed by atoms with Gasteiger partial charge in [0, 0.05) is 9.98 Å². The van der Waals surface area contributed by atoms with Gasteiger partial charge in [-0.05, 0) is 24.3 Å². The lowest BCUT2D eigenvalue weighted by molar-refractivity contribution is 0.361. The maximum Gasteiger partial charge on any atom is 0.200 e. The molecule has 0 spiro atoms. The molecule has 0 atom stereocenters. The Labute approximate surface area is 124 Å². The van der Waals surface area contributed by atoms with Crippen LogP contribution in [0.15, 0.2) is 34.1 Å². The van der Waals surface area contributed by atoms with Crippen molar-refractivity contribution in [2.24, 2.45) is 0 Å². The van der Waals surface area contributed by atoms with Crippen molar-refractivity contribution in [2.75, 3.05) is 5.08 Å². The zero-order valence-electron chi connectivity index (χ0n) is 10.1. The molecule has 0 aliphatic heterocycles. The predicted octanol–water partition coefficient (Wildman–Crippen LogP) is 5.36. The highest BCUT2D eigenvalue weighted by Crippen LogP contribution is 2.34. The molecule has 0 bridgehead atoms. The smallest absolute Gasteiger partial charge is 0.200 e. The first kappa shape index (κ1) is 16.1. The van der Waals surface area contributed by atoms with Crippen molar-refractivity contribution >= 4 is 23.5 Å². The van der Waals surface area contributed by atoms with Gasteiger partial charge in [-0.25, -0.2) is 26.3 Å². The Bertz CT molecular complexity index is 628. The van der Waals surface area contributed by atoms with Gasteiger partial charge in [-0.15, -0.1) is 23.5 Å². The fraction of sp³-hybridized carbons (Fsp3) is 0.0769. The third kappa shape index (κ3) is 3.49. The van der Waals surface area contributed by atoms with E-state index in [1.807, 2.05) is 0 Å². The van der Waals surface area contributed by atoms with Gasteiger partial charge in [0.05, 0.1) is 4.90 Å². The van der Waals surface area contributed by atoms with E-state index in [1.165, 1.54) is 24.3 Å². The van der Waals surface area contributed by atoms with Crippen molar-refractivity contribution < 1.29 is 26.3 Å². The number of thioether (sulfide) groups is 2. The van der Waals surface area contributed by atoms with Crippen molar-refractivity contribution in [3.63, 3.8) is 0 Å². The molecule has 0 unspecified atom stereocenters. The third-order valence-corrected chi connectivity index (χ3v) is 4.61. The van der Waals surface area contributed by atoms with Crippen molar-refractivity contribution in [2.45, 2.75) is 9.79 Å². The lowest BCUT2D eigenvalue weighted by Crippen LogP contribution is -2.03. The molecule has 112 valence electrons. The lowest BCUT2D eigenvalue weighted by atomic mass is 10.3. The van der Waals surface area contributed by atoms with E-state index in [4.69, 9.17) is 0 Å². The summed E-state index contributed by atoms with van der Waals surface area (Å²) >= 11 is 1.56. The summed E-state index contributed by atoms with van der Waals surface area (Å²) in [6.45, 7) is 0. The molecule has 0 amide bonds. The van der Waals surface area contributed by atoms with Gasteiger partial charge in [-0.2, -0.15) is 0 Å². The standard InChI is InChI=1S/C13H6F6S2/c14-6-1-3-7(4-2-6)20-5-21-13-11(18)9(16)8(15)10(17)12(13)19/h1-4H,5H2. The Morgan fingerprint density at radius 1 is 0.619 bits per heavy atom. The molecular formula is C13H6F6S2. The van der Waals surface area contributed by atoms with E-state index in [2.05, 4.69) is 0 Å². The van der Waals surface area contributed by atoms with E-state index < -0.39 is 39.8 Å². The first-order chi connectivity index (χ1) is 9.91. The average molecular weight is 340 g/mol. The monoisotopic (exact) mass is 340 g/mol. The Morgan fingerprint density at radius 3 is 1.62 bits per heavy atom. The number of hydrogen-bond acceptors (Lipinski definition) is 2. The number of halogens is 6. The van der Waals surface area contributed by atoms with Gasteiger partial charge in [0.15, 0.2) is 23.3 Å². The fourth-order valence-electron chi connectivity index (χ4n) is 1.40. The quantitative estimate of drug-likeness (QED) is 0.241. The second kappa shape index (κ2) is 6.65. The van der Waals surface area contributed by atoms with E-state index in [1.54, 1.807) is 0 Å². The molecule has 2 aromatic carbocycles. The summed E-state index contributed by atoms with van der Waals surface area (Å²) in [4.78, 5) is -0.325. The second-order valence-corrected chi connectivity index (χ2v) is 6.16. The second-order valence-electron chi connectivity index (χ2n) is 3.76. The highest BCUT2D eigenvalue weighted by atomic mass is 32.2. The largest absolute Gasteiger partial charge is 0.207 e. The molecule has 8 heteroatoms. The summed E-state index contributed by atoms with van der Waals surface area (Å²) < 4.78 is 78.2. The maximum atomic E-state index is 13.4. The first-order valence-corrected chi connectivity index (χ1v) is 7.41. The van der Waals surface area contributed by atoms with Gasteiger partial charge < -0.3 is 0 Å². The number of benzene rings is 2. The van der Waals surface area contributed by atoms with Gasteiger partial charge in [-0.3, -0.25) is 0 Å². The van der Waals surface area contributed by atoms with Crippen molar-refractivity contribution in [1.29, 1.82) is 0 Å². The summed E-state index contributed by atoms with van der Waals surface area (Å²) in [6, 6.07) is 5.29. The molecule has 0 heterocycles. The third-order valence-electron chi connectivity index (χ3n) is 2.41. The minimum absolute atomic E-state index is 0.00395. The molecule has 0 saturated heterocycles. The van der Waals surface area contributed by atoms with E-state index in [9.17, 15) is 26.3 Å². The topological polar surface area (TPSA) is 0 Å². The van der Waals surface area contributed by atoms with Crippen LogP contribution in [0.1, 0.15) is 0 Å². The SMILES string of the molecule is Fc1ccc(SCSc2c(F)c(F)c(F)c(F)c2F)cc1. The van der Waals surface area contributed by atoms with Crippen molar-refractivity contribution in [3.8, 4) is 0 Å². The van der Waals surface area contributed by atoms with Crippen molar-refractivity contribution in [1.82, 2.24) is 0 Å². The Kier molecular flexibility index (Phi) is 5.10. The van der Waals surface area contributed by atoms with Crippen molar-refractivity contribution in [3.05, 3.63) is 59.2 Å². The molecule has 2 rings (SSSR count). The van der Waals surface area contributed by atoms with Crippen LogP contribution in [0.25, 0.3) is 0 Å². The van der Waals surface area contributed by atoms with Crippen LogP contribution in [0.4, 0.5) is 26.3 Å². The zero-order chi connectivity index (χ0) is 15.6. The fourth-order valence-corrected chi connectivity index (χ4v) is 3.41. The molecule has 0 saturated carbocycles. The Balaban J connectivity index is 2.12. The van der Waals surface area contributed by atoms with Crippen LogP contribution in [-0.4, -0.2) is 5.08 Å². The van der Waals surface area contributed by atoms with Crippen LogP contribution in [0.3, 0.4) is 0 Å². The molecule has 0 radical (unpaired) electrons. The highest BCUT2D eigenvalue weighted by molar-refractivity contribution is 8.16. The van der Waals surface area contributed by atoms with Gasteiger partial charge in [0.1, 0.15) is 5.82 Å². The predicted molar refractivity (Wildman–Crippen MR) is 69.2 cm³/mol. The summed E-state index contributed by atoms with van der Waals surface area (Å²) in [6.07, 6.45) is 0. The summed E-state index contributed by atoms with van der Waals surface area (Å²) in [7, 11) is 0. The normalized spacial score (nSPS) is 11.0. The van der Waals surface area contributed by atoms with Crippen LogP contribution in [0.2, 0.25) is 0 Å². The molecule has 0 aliphatic rings. The first-order valence-electron chi connectivity index (χ1n) is 5.44. The average Bonchev–Trinajstić information content (AvgIpc) is 2.48. The van der Waals surface area contributed by atoms with Gasteiger partial charge >= 0.3 is 0 Å². The van der Waals surface area contributed by atoms with E-state index in [0.717, 1.165) is 11.8 Å². The summed E-state index contributed by atoms with van der Waals surface area (Å²) in [5.74, 6) is -10.3. The molecule has 21 heavy (non-hydrogen) atoms. The number of hydrogen-bond donors (Lipinski definition) is 0. The van der Waals surface area contributed by atoms with E-state index in [0.29, 0.717) is 16.7 Å². The molecule has 0 nitrogen and oxygen atoms in total. The molecule has 2 aromatic rings. The molecule has 0 aromatic heterocycles. The Hall–Kier alpha value is -1.28. The van der Waals surface area contributed by atoms with Crippen LogP contribution in [-0.2, 0) is 0 Å². The summed E-state index contributed by atoms with van der Waals surface area (Å²) in [5.41, 5.74) is 0. The summed E-state index contributed by atoms with van der Waals surface area (Å²) in [5, 5.41) is 0.00395. The van der Waals surface area contributed by atoms with Crippen LogP contribution in [0, 0.1) is 34.9 Å². The molecule has 0 aliphatic carbocycles. The van der Waals surface area contributed by atoms with Gasteiger partial charge in [-0.1, -0.05) is 0 Å². The number of rotatable bonds is 4. The van der Waals surface area contributed by atoms with Crippen LogP contribution < -0.4 is 0 Å². The minimum atomic E-state index is -2.18. The maximum absolute atomic E-state index is 13.4. The minimum Gasteiger partial charge on any atom is -0.207 e. The lowest BCUT2D eigenvalue weighted by Gasteiger charge is -2.07. The van der Waals surface area contributed by atoms with E-state index >= 15 is 0 Å². The molecule has 0 N–H and O–H groups in total. The van der Waals surface area contributed by atoms with Gasteiger partial charge in [0.25, 0.3) is 0 Å². The van der Waals surface area contributed by atoms with Gasteiger partial charge in [0.2, 0.25) is 5.82 Å². The van der Waals surface area contributed by atoms with E-state index in [-0.39, 0.29) is 5.08 Å². The van der Waals surface area contributed by atoms with Crippen LogP contribution in [0.5, 0.6) is 0 Å². The molecular weight excluding hydrogens is 334 g/mol. The van der Waals surface area contributed by atoms with Crippen LogP contribution >= 0.6 is 23.5 Å². The highest BCUT2D eigenvalue weighted by Gasteiger charge is 2.25. The Morgan fingerprint density at radius 2 is 1.10 bits per heavy atom. The zero-order valence-corrected chi connectivity index (χ0v) is 11.7.